The summed E-state index contributed by atoms with van der Waals surface area (Å²) in [6.07, 6.45) is 1.27. The summed E-state index contributed by atoms with van der Waals surface area (Å²) in [5.41, 5.74) is 0. The first-order chi connectivity index (χ1) is 6.21. The van der Waals surface area contributed by atoms with E-state index in [1.807, 2.05) is 6.07 Å². The van der Waals surface area contributed by atoms with Gasteiger partial charge >= 0.3 is 0 Å². The second-order valence-electron chi connectivity index (χ2n) is 2.47. The van der Waals surface area contributed by atoms with Gasteiger partial charge in [0.05, 0.1) is 6.07 Å². The largest absolute Gasteiger partial charge is 0.323 e. The van der Waals surface area contributed by atoms with Crippen LogP contribution < -0.4 is 0 Å². The molecule has 0 aromatic heterocycles. The van der Waals surface area contributed by atoms with E-state index in [4.69, 9.17) is 20.0 Å². The Morgan fingerprint density at radius 2 is 2.00 bits per heavy atom. The van der Waals surface area contributed by atoms with Gasteiger partial charge in [-0.1, -0.05) is 12.7 Å². The first-order valence-electron chi connectivity index (χ1n) is 3.64. The van der Waals surface area contributed by atoms with Crippen LogP contribution in [0.15, 0.2) is 25.3 Å². The Kier molecular flexibility index (Phi) is 2.48. The molecule has 0 bridgehead atoms. The van der Waals surface area contributed by atoms with Gasteiger partial charge in [0, 0.05) is 0 Å². The molecule has 13 heavy (non-hydrogen) atoms. The monoisotopic (exact) mass is 176 g/mol. The molecule has 1 heterocycles. The first kappa shape index (κ1) is 9.47. The van der Waals surface area contributed by atoms with Crippen LogP contribution in [0.2, 0.25) is 0 Å². The highest BCUT2D eigenvalue weighted by Crippen LogP contribution is 2.29. The highest BCUT2D eigenvalue weighted by molar-refractivity contribution is 5.16. The summed E-state index contributed by atoms with van der Waals surface area (Å²) >= 11 is 0. The van der Waals surface area contributed by atoms with Crippen molar-refractivity contribution in [2.45, 2.75) is 18.0 Å². The Hall–Kier alpha value is -1.62. The topological polar surface area (TPSA) is 66.0 Å². The van der Waals surface area contributed by atoms with Gasteiger partial charge in [0.2, 0.25) is 0 Å². The molecule has 4 nitrogen and oxygen atoms in total. The molecule has 0 spiro atoms. The van der Waals surface area contributed by atoms with Gasteiger partial charge in [-0.05, 0) is 6.08 Å². The third-order valence-corrected chi connectivity index (χ3v) is 1.70. The molecule has 0 N–H and O–H groups in total. The van der Waals surface area contributed by atoms with E-state index in [0.29, 0.717) is 0 Å². The molecule has 0 radical (unpaired) electrons. The molecule has 1 aliphatic heterocycles. The van der Waals surface area contributed by atoms with Gasteiger partial charge in [-0.15, -0.1) is 6.58 Å². The van der Waals surface area contributed by atoms with Gasteiger partial charge in [0.1, 0.15) is 12.2 Å². The van der Waals surface area contributed by atoms with Crippen molar-refractivity contribution < 1.29 is 9.47 Å². The molecule has 0 aromatic rings. The molecule has 1 fully saturated rings. The van der Waals surface area contributed by atoms with Gasteiger partial charge in [-0.25, -0.2) is 0 Å². The van der Waals surface area contributed by atoms with Crippen molar-refractivity contribution in [3.05, 3.63) is 25.3 Å². The van der Waals surface area contributed by atoms with E-state index in [9.17, 15) is 0 Å². The van der Waals surface area contributed by atoms with Crippen LogP contribution in [-0.2, 0) is 9.47 Å². The van der Waals surface area contributed by atoms with Crippen LogP contribution in [0.3, 0.4) is 0 Å². The smallest absolute Gasteiger partial charge is 0.281 e. The second-order valence-corrected chi connectivity index (χ2v) is 2.47. The Labute approximate surface area is 76.3 Å². The molecule has 1 saturated heterocycles. The fourth-order valence-corrected chi connectivity index (χ4v) is 1.01. The molecule has 3 atom stereocenters. The van der Waals surface area contributed by atoms with Gasteiger partial charge < -0.3 is 9.47 Å². The summed E-state index contributed by atoms with van der Waals surface area (Å²) in [6, 6.07) is 3.67. The zero-order chi connectivity index (χ0) is 9.90. The van der Waals surface area contributed by atoms with Crippen LogP contribution in [-0.4, -0.2) is 18.0 Å². The molecule has 66 valence electrons. The standard InChI is InChI=1S/C9H8N2O2/c1-3-7-8(5-10)13-9(4-2,6-11)12-7/h3-4,7-8H,1-2H2. The molecule has 3 unspecified atom stereocenters. The van der Waals surface area contributed by atoms with Gasteiger partial charge in [-0.3, -0.25) is 0 Å². The van der Waals surface area contributed by atoms with Crippen molar-refractivity contribution in [2.24, 2.45) is 0 Å². The summed E-state index contributed by atoms with van der Waals surface area (Å²) < 4.78 is 10.2. The van der Waals surface area contributed by atoms with E-state index in [1.165, 1.54) is 12.2 Å². The predicted molar refractivity (Wildman–Crippen MR) is 44.1 cm³/mol. The van der Waals surface area contributed by atoms with E-state index in [2.05, 4.69) is 13.2 Å². The minimum absolute atomic E-state index is 0.581. The second kappa shape index (κ2) is 3.40. The van der Waals surface area contributed by atoms with E-state index < -0.39 is 18.0 Å². The molecular weight excluding hydrogens is 168 g/mol. The quantitative estimate of drug-likeness (QED) is 0.586. The molecule has 0 aliphatic carbocycles. The lowest BCUT2D eigenvalue weighted by Gasteiger charge is -2.12. The normalized spacial score (nSPS) is 37.4. The van der Waals surface area contributed by atoms with E-state index in [1.54, 1.807) is 6.07 Å². The van der Waals surface area contributed by atoms with E-state index in [0.717, 1.165) is 0 Å². The van der Waals surface area contributed by atoms with Crippen molar-refractivity contribution in [2.75, 3.05) is 0 Å². The Morgan fingerprint density at radius 1 is 1.31 bits per heavy atom. The van der Waals surface area contributed by atoms with Crippen molar-refractivity contribution in [1.29, 1.82) is 10.5 Å². The summed E-state index contributed by atoms with van der Waals surface area (Å²) in [4.78, 5) is 0. The van der Waals surface area contributed by atoms with Crippen molar-refractivity contribution in [1.82, 2.24) is 0 Å². The van der Waals surface area contributed by atoms with Crippen LogP contribution in [0.25, 0.3) is 0 Å². The van der Waals surface area contributed by atoms with Crippen LogP contribution >= 0.6 is 0 Å². The lowest BCUT2D eigenvalue weighted by Crippen LogP contribution is -2.25. The zero-order valence-corrected chi connectivity index (χ0v) is 6.93. The fraction of sp³-hybridized carbons (Fsp3) is 0.333. The minimum atomic E-state index is -1.50. The van der Waals surface area contributed by atoms with Crippen LogP contribution in [0.4, 0.5) is 0 Å². The minimum Gasteiger partial charge on any atom is -0.323 e. The van der Waals surface area contributed by atoms with E-state index >= 15 is 0 Å². The Balaban J connectivity index is 2.92. The zero-order valence-electron chi connectivity index (χ0n) is 6.93. The van der Waals surface area contributed by atoms with Crippen molar-refractivity contribution in [3.63, 3.8) is 0 Å². The first-order valence-corrected chi connectivity index (χ1v) is 3.64. The number of ether oxygens (including phenoxy) is 2. The number of rotatable bonds is 2. The lowest BCUT2D eigenvalue weighted by atomic mass is 10.2. The third kappa shape index (κ3) is 1.46. The summed E-state index contributed by atoms with van der Waals surface area (Å²) in [6.45, 7) is 6.88. The molecule has 4 heteroatoms. The maximum absolute atomic E-state index is 8.73. The molecule has 0 aromatic carbocycles. The van der Waals surface area contributed by atoms with Crippen LogP contribution in [0.1, 0.15) is 0 Å². The molecule has 1 aliphatic rings. The predicted octanol–water partition coefficient (Wildman–Crippen LogP) is 0.886. The average Bonchev–Trinajstić information content (AvgIpc) is 2.57. The average molecular weight is 176 g/mol. The Bertz CT molecular complexity index is 313. The summed E-state index contributed by atoms with van der Waals surface area (Å²) in [5, 5.41) is 17.4. The Morgan fingerprint density at radius 3 is 2.31 bits per heavy atom. The molecule has 1 rings (SSSR count). The summed E-state index contributed by atoms with van der Waals surface area (Å²) in [5.74, 6) is -1.50. The van der Waals surface area contributed by atoms with Crippen molar-refractivity contribution in [3.8, 4) is 12.1 Å². The number of hydrogen-bond acceptors (Lipinski definition) is 4. The SMILES string of the molecule is C=CC1OC(C#N)(C=C)OC1C#N. The number of nitriles is 2. The molecular formula is C9H8N2O2. The highest BCUT2D eigenvalue weighted by Gasteiger charge is 2.45. The van der Waals surface area contributed by atoms with Gasteiger partial charge in [0.25, 0.3) is 5.79 Å². The number of nitrogens with zero attached hydrogens (tertiary/aromatic N) is 2. The van der Waals surface area contributed by atoms with Crippen LogP contribution in [0, 0.1) is 22.7 Å². The lowest BCUT2D eigenvalue weighted by molar-refractivity contribution is -0.0815. The number of hydrogen-bond donors (Lipinski definition) is 0. The highest BCUT2D eigenvalue weighted by atomic mass is 16.8. The van der Waals surface area contributed by atoms with Gasteiger partial charge in [-0.2, -0.15) is 10.5 Å². The maximum Gasteiger partial charge on any atom is 0.281 e. The molecule has 0 amide bonds. The fourth-order valence-electron chi connectivity index (χ4n) is 1.01. The van der Waals surface area contributed by atoms with Crippen molar-refractivity contribution >= 4 is 0 Å². The van der Waals surface area contributed by atoms with Crippen LogP contribution in [0.5, 0.6) is 0 Å². The van der Waals surface area contributed by atoms with Gasteiger partial charge in [0.15, 0.2) is 6.10 Å². The molecule has 0 saturated carbocycles. The third-order valence-electron chi connectivity index (χ3n) is 1.70. The summed E-state index contributed by atoms with van der Waals surface area (Å²) in [7, 11) is 0. The maximum atomic E-state index is 8.73. The van der Waals surface area contributed by atoms with E-state index in [-0.39, 0.29) is 0 Å².